The average molecular weight is 225 g/mol. The largest absolute Gasteiger partial charge is 0.378 e. The second-order valence-corrected chi connectivity index (χ2v) is 5.51. The van der Waals surface area contributed by atoms with Crippen LogP contribution in [0.3, 0.4) is 0 Å². The topological polar surface area (TPSA) is 21.3 Å². The molecule has 94 valence electrons. The van der Waals surface area contributed by atoms with Gasteiger partial charge in [0.15, 0.2) is 0 Å². The van der Waals surface area contributed by atoms with E-state index in [4.69, 9.17) is 4.74 Å². The van der Waals surface area contributed by atoms with Crippen LogP contribution in [0.25, 0.3) is 0 Å². The van der Waals surface area contributed by atoms with Gasteiger partial charge in [0, 0.05) is 12.6 Å². The van der Waals surface area contributed by atoms with Gasteiger partial charge in [0.1, 0.15) is 0 Å². The molecular weight excluding hydrogens is 198 g/mol. The van der Waals surface area contributed by atoms with Gasteiger partial charge in [0.2, 0.25) is 0 Å². The first-order valence-electron chi connectivity index (χ1n) is 7.23. The van der Waals surface area contributed by atoms with E-state index in [-0.39, 0.29) is 0 Å². The van der Waals surface area contributed by atoms with Crippen LogP contribution in [-0.2, 0) is 4.74 Å². The number of nitrogens with one attached hydrogen (secondary N) is 1. The molecule has 0 aromatic rings. The molecular formula is C14H27NO. The molecule has 2 nitrogen and oxygen atoms in total. The Kier molecular flexibility index (Phi) is 5.11. The van der Waals surface area contributed by atoms with Crippen LogP contribution in [0.5, 0.6) is 0 Å². The van der Waals surface area contributed by atoms with Crippen LogP contribution in [0.4, 0.5) is 0 Å². The van der Waals surface area contributed by atoms with Gasteiger partial charge in [-0.05, 0) is 31.7 Å². The molecule has 1 saturated carbocycles. The third kappa shape index (κ3) is 3.74. The van der Waals surface area contributed by atoms with Crippen LogP contribution in [0.15, 0.2) is 0 Å². The van der Waals surface area contributed by atoms with Crippen molar-refractivity contribution in [3.8, 4) is 0 Å². The van der Waals surface area contributed by atoms with Crippen molar-refractivity contribution >= 4 is 0 Å². The first-order chi connectivity index (χ1) is 7.88. The lowest BCUT2D eigenvalue weighted by atomic mass is 9.83. The smallest absolute Gasteiger partial charge is 0.0592 e. The minimum atomic E-state index is 0.542. The third-order valence-electron chi connectivity index (χ3n) is 4.18. The molecule has 1 aliphatic carbocycles. The Morgan fingerprint density at radius 1 is 1.12 bits per heavy atom. The van der Waals surface area contributed by atoms with Crippen molar-refractivity contribution in [1.29, 1.82) is 0 Å². The Bertz CT molecular complexity index is 187. The molecule has 0 aromatic carbocycles. The predicted octanol–water partition coefficient (Wildman–Crippen LogP) is 3.11. The SMILES string of the molecule is CCNC1CCOC(CC2CCCCC2)C1. The normalized spacial score (nSPS) is 32.8. The van der Waals surface area contributed by atoms with Crippen LogP contribution in [0.1, 0.15) is 58.3 Å². The second-order valence-electron chi connectivity index (χ2n) is 5.51. The maximum Gasteiger partial charge on any atom is 0.0592 e. The minimum absolute atomic E-state index is 0.542. The van der Waals surface area contributed by atoms with Crippen LogP contribution in [0, 0.1) is 5.92 Å². The first kappa shape index (κ1) is 12.4. The Morgan fingerprint density at radius 3 is 2.69 bits per heavy atom. The molecule has 2 fully saturated rings. The van der Waals surface area contributed by atoms with Crippen molar-refractivity contribution in [3.63, 3.8) is 0 Å². The van der Waals surface area contributed by atoms with Crippen molar-refractivity contribution in [2.24, 2.45) is 5.92 Å². The maximum absolute atomic E-state index is 5.92. The van der Waals surface area contributed by atoms with Gasteiger partial charge >= 0.3 is 0 Å². The molecule has 2 rings (SSSR count). The fraction of sp³-hybridized carbons (Fsp3) is 1.00. The lowest BCUT2D eigenvalue weighted by molar-refractivity contribution is -0.0143. The summed E-state index contributed by atoms with van der Waals surface area (Å²) in [6.07, 6.45) is 11.6. The summed E-state index contributed by atoms with van der Waals surface area (Å²) >= 11 is 0. The fourth-order valence-corrected chi connectivity index (χ4v) is 3.31. The van der Waals surface area contributed by atoms with E-state index < -0.39 is 0 Å². The number of hydrogen-bond donors (Lipinski definition) is 1. The molecule has 2 unspecified atom stereocenters. The lowest BCUT2D eigenvalue weighted by Crippen LogP contribution is -2.39. The van der Waals surface area contributed by atoms with Gasteiger partial charge in [-0.3, -0.25) is 0 Å². The number of hydrogen-bond acceptors (Lipinski definition) is 2. The lowest BCUT2D eigenvalue weighted by Gasteiger charge is -2.33. The number of ether oxygens (including phenoxy) is 1. The predicted molar refractivity (Wildman–Crippen MR) is 67.6 cm³/mol. The monoisotopic (exact) mass is 225 g/mol. The van der Waals surface area contributed by atoms with E-state index in [1.165, 1.54) is 51.4 Å². The highest BCUT2D eigenvalue weighted by molar-refractivity contribution is 4.79. The molecule has 1 aliphatic heterocycles. The molecule has 0 spiro atoms. The van der Waals surface area contributed by atoms with E-state index >= 15 is 0 Å². The van der Waals surface area contributed by atoms with Crippen LogP contribution in [0.2, 0.25) is 0 Å². The van der Waals surface area contributed by atoms with E-state index in [9.17, 15) is 0 Å². The quantitative estimate of drug-likeness (QED) is 0.794. The van der Waals surface area contributed by atoms with Gasteiger partial charge in [0.25, 0.3) is 0 Å². The van der Waals surface area contributed by atoms with E-state index in [0.717, 1.165) is 19.1 Å². The Balaban J connectivity index is 1.71. The van der Waals surface area contributed by atoms with Gasteiger partial charge < -0.3 is 10.1 Å². The van der Waals surface area contributed by atoms with E-state index in [1.807, 2.05) is 0 Å². The Labute approximate surface area is 100 Å². The third-order valence-corrected chi connectivity index (χ3v) is 4.18. The molecule has 0 amide bonds. The fourth-order valence-electron chi connectivity index (χ4n) is 3.31. The zero-order valence-electron chi connectivity index (χ0n) is 10.7. The van der Waals surface area contributed by atoms with Gasteiger partial charge in [-0.2, -0.15) is 0 Å². The summed E-state index contributed by atoms with van der Waals surface area (Å²) in [6, 6.07) is 0.715. The van der Waals surface area contributed by atoms with Crippen molar-refractivity contribution in [2.45, 2.75) is 70.4 Å². The van der Waals surface area contributed by atoms with Crippen molar-refractivity contribution in [1.82, 2.24) is 5.32 Å². The first-order valence-corrected chi connectivity index (χ1v) is 7.23. The number of rotatable bonds is 4. The zero-order valence-corrected chi connectivity index (χ0v) is 10.7. The van der Waals surface area contributed by atoms with Gasteiger partial charge in [0.05, 0.1) is 6.10 Å². The molecule has 1 saturated heterocycles. The average Bonchev–Trinajstić information content (AvgIpc) is 2.31. The summed E-state index contributed by atoms with van der Waals surface area (Å²) in [6.45, 7) is 4.27. The highest BCUT2D eigenvalue weighted by Crippen LogP contribution is 2.30. The van der Waals surface area contributed by atoms with E-state index in [0.29, 0.717) is 12.1 Å². The molecule has 0 aromatic heterocycles. The molecule has 1 heterocycles. The molecule has 0 bridgehead atoms. The highest BCUT2D eigenvalue weighted by atomic mass is 16.5. The van der Waals surface area contributed by atoms with Crippen LogP contribution in [-0.4, -0.2) is 25.3 Å². The zero-order chi connectivity index (χ0) is 11.2. The second kappa shape index (κ2) is 6.61. The molecule has 0 radical (unpaired) electrons. The Hall–Kier alpha value is -0.0800. The molecule has 2 heteroatoms. The summed E-state index contributed by atoms with van der Waals surface area (Å²) in [5, 5.41) is 3.57. The molecule has 16 heavy (non-hydrogen) atoms. The van der Waals surface area contributed by atoms with E-state index in [2.05, 4.69) is 12.2 Å². The summed E-state index contributed by atoms with van der Waals surface area (Å²) in [7, 11) is 0. The van der Waals surface area contributed by atoms with E-state index in [1.54, 1.807) is 0 Å². The summed E-state index contributed by atoms with van der Waals surface area (Å²) in [4.78, 5) is 0. The summed E-state index contributed by atoms with van der Waals surface area (Å²) < 4.78 is 5.92. The van der Waals surface area contributed by atoms with Crippen LogP contribution < -0.4 is 5.32 Å². The maximum atomic E-state index is 5.92. The summed E-state index contributed by atoms with van der Waals surface area (Å²) in [5.74, 6) is 0.958. The summed E-state index contributed by atoms with van der Waals surface area (Å²) in [5.41, 5.74) is 0. The Morgan fingerprint density at radius 2 is 1.94 bits per heavy atom. The van der Waals surface area contributed by atoms with Gasteiger partial charge in [-0.15, -0.1) is 0 Å². The van der Waals surface area contributed by atoms with Crippen molar-refractivity contribution < 1.29 is 4.74 Å². The van der Waals surface area contributed by atoms with Crippen molar-refractivity contribution in [3.05, 3.63) is 0 Å². The van der Waals surface area contributed by atoms with Gasteiger partial charge in [-0.25, -0.2) is 0 Å². The van der Waals surface area contributed by atoms with Crippen LogP contribution >= 0.6 is 0 Å². The molecule has 2 atom stereocenters. The molecule has 2 aliphatic rings. The van der Waals surface area contributed by atoms with Gasteiger partial charge in [-0.1, -0.05) is 39.0 Å². The minimum Gasteiger partial charge on any atom is -0.378 e. The highest BCUT2D eigenvalue weighted by Gasteiger charge is 2.25. The molecule has 1 N–H and O–H groups in total. The van der Waals surface area contributed by atoms with Crippen molar-refractivity contribution in [2.75, 3.05) is 13.2 Å². The standard InChI is InChI=1S/C14H27NO/c1-2-15-13-8-9-16-14(11-13)10-12-6-4-3-5-7-12/h12-15H,2-11H2,1H3.